The molecule has 0 radical (unpaired) electrons. The Morgan fingerprint density at radius 2 is 1.79 bits per heavy atom. The summed E-state index contributed by atoms with van der Waals surface area (Å²) in [5, 5.41) is 13.1. The highest BCUT2D eigenvalue weighted by atomic mass is 32.2. The van der Waals surface area contributed by atoms with Crippen molar-refractivity contribution in [2.24, 2.45) is 0 Å². The number of carbonyl (C=O) groups excluding carboxylic acids is 1. The number of nitrogens with one attached hydrogen (secondary N) is 1. The van der Waals surface area contributed by atoms with Gasteiger partial charge in [0.2, 0.25) is 0 Å². The highest BCUT2D eigenvalue weighted by Gasteiger charge is 2.08. The van der Waals surface area contributed by atoms with Crippen LogP contribution in [0.25, 0.3) is 0 Å². The number of anilines is 1. The van der Waals surface area contributed by atoms with E-state index in [1.165, 1.54) is 48.5 Å². The Bertz CT molecular complexity index is 708. The molecule has 0 saturated carbocycles. The van der Waals surface area contributed by atoms with Crippen molar-refractivity contribution in [3.63, 3.8) is 0 Å². The molecule has 2 aromatic carbocycles. The number of nitrogens with zero attached hydrogens (tertiary/aromatic N) is 1. The molecule has 0 aromatic heterocycles. The fraction of sp³-hybridized carbons (Fsp3) is 0.133. The lowest BCUT2D eigenvalue weighted by Crippen LogP contribution is -2.20. The first-order valence-electron chi connectivity index (χ1n) is 6.66. The Morgan fingerprint density at radius 3 is 2.33 bits per heavy atom. The number of thioether (sulfide) groups is 1. The summed E-state index contributed by atoms with van der Waals surface area (Å²) < 4.78 is 29.6. The van der Waals surface area contributed by atoms with Crippen molar-refractivity contribution in [3.8, 4) is 5.75 Å². The Kier molecular flexibility index (Phi) is 6.07. The molecule has 0 heterocycles. The van der Waals surface area contributed by atoms with Gasteiger partial charge in [-0.15, -0.1) is 0 Å². The lowest BCUT2D eigenvalue weighted by molar-refractivity contribution is -0.384. The zero-order valence-electron chi connectivity index (χ0n) is 12.1. The van der Waals surface area contributed by atoms with E-state index >= 15 is 0 Å². The van der Waals surface area contributed by atoms with Crippen LogP contribution in [0, 0.1) is 10.1 Å². The van der Waals surface area contributed by atoms with Crippen molar-refractivity contribution < 1.29 is 23.2 Å². The standard InChI is InChI=1S/C15H12F2N2O4S/c16-15(17)24-13-7-1-10(2-8-13)18-14(20)9-23-12-5-3-11(4-6-12)19(21)22/h1-8,15H,9H2,(H,18,20). The highest BCUT2D eigenvalue weighted by Crippen LogP contribution is 2.26. The van der Waals surface area contributed by atoms with Gasteiger partial charge in [-0.3, -0.25) is 14.9 Å². The summed E-state index contributed by atoms with van der Waals surface area (Å²) in [6, 6.07) is 11.3. The lowest BCUT2D eigenvalue weighted by atomic mass is 10.3. The number of rotatable bonds is 7. The van der Waals surface area contributed by atoms with Gasteiger partial charge in [0.15, 0.2) is 6.61 Å². The van der Waals surface area contributed by atoms with E-state index in [4.69, 9.17) is 4.74 Å². The molecule has 6 nitrogen and oxygen atoms in total. The summed E-state index contributed by atoms with van der Waals surface area (Å²) >= 11 is 0.418. The Balaban J connectivity index is 1.83. The summed E-state index contributed by atoms with van der Waals surface area (Å²) in [5.74, 6) is -2.62. The van der Waals surface area contributed by atoms with E-state index in [2.05, 4.69) is 5.32 Å². The Morgan fingerprint density at radius 1 is 1.17 bits per heavy atom. The molecular formula is C15H12F2N2O4S. The first-order valence-corrected chi connectivity index (χ1v) is 7.54. The molecular weight excluding hydrogens is 342 g/mol. The number of ether oxygens (including phenoxy) is 1. The molecule has 0 unspecified atom stereocenters. The topological polar surface area (TPSA) is 81.5 Å². The molecule has 126 valence electrons. The van der Waals surface area contributed by atoms with E-state index in [9.17, 15) is 23.7 Å². The molecule has 0 fully saturated rings. The molecule has 1 amide bonds. The summed E-state index contributed by atoms with van der Waals surface area (Å²) in [6.45, 7) is -0.286. The van der Waals surface area contributed by atoms with Crippen LogP contribution < -0.4 is 10.1 Å². The van der Waals surface area contributed by atoms with Crippen LogP contribution in [0.5, 0.6) is 5.75 Å². The van der Waals surface area contributed by atoms with E-state index in [1.54, 1.807) is 0 Å². The number of nitro groups is 1. The van der Waals surface area contributed by atoms with Gasteiger partial charge in [0, 0.05) is 22.7 Å². The second-order valence-electron chi connectivity index (χ2n) is 4.49. The van der Waals surface area contributed by atoms with E-state index in [1.807, 2.05) is 0 Å². The van der Waals surface area contributed by atoms with Crippen molar-refractivity contribution in [3.05, 3.63) is 58.6 Å². The molecule has 1 N–H and O–H groups in total. The number of halogens is 2. The van der Waals surface area contributed by atoms with Crippen molar-refractivity contribution >= 4 is 29.0 Å². The van der Waals surface area contributed by atoms with Crippen molar-refractivity contribution in [1.29, 1.82) is 0 Å². The number of alkyl halides is 2. The Labute approximate surface area is 140 Å². The molecule has 0 atom stereocenters. The largest absolute Gasteiger partial charge is 0.484 e. The van der Waals surface area contributed by atoms with Crippen LogP contribution in [0.1, 0.15) is 0 Å². The van der Waals surface area contributed by atoms with Gasteiger partial charge in [0.25, 0.3) is 17.4 Å². The summed E-state index contributed by atoms with van der Waals surface area (Å²) in [7, 11) is 0. The van der Waals surface area contributed by atoms with Gasteiger partial charge in [0.1, 0.15) is 5.75 Å². The summed E-state index contributed by atoms with van der Waals surface area (Å²) in [5.41, 5.74) is 0.375. The molecule has 24 heavy (non-hydrogen) atoms. The van der Waals surface area contributed by atoms with Crippen molar-refractivity contribution in [2.75, 3.05) is 11.9 Å². The zero-order chi connectivity index (χ0) is 17.5. The highest BCUT2D eigenvalue weighted by molar-refractivity contribution is 7.99. The quantitative estimate of drug-likeness (QED) is 0.463. The van der Waals surface area contributed by atoms with Crippen LogP contribution in [0.3, 0.4) is 0 Å². The van der Waals surface area contributed by atoms with Crippen LogP contribution in [0.4, 0.5) is 20.2 Å². The number of amides is 1. The van der Waals surface area contributed by atoms with Crippen LogP contribution in [-0.2, 0) is 4.79 Å². The summed E-state index contributed by atoms with van der Waals surface area (Å²) in [4.78, 5) is 22.1. The summed E-state index contributed by atoms with van der Waals surface area (Å²) in [6.07, 6.45) is 0. The Hall–Kier alpha value is -2.68. The van der Waals surface area contributed by atoms with Gasteiger partial charge in [-0.25, -0.2) is 0 Å². The van der Waals surface area contributed by atoms with Gasteiger partial charge in [-0.1, -0.05) is 11.8 Å². The molecule has 2 rings (SSSR count). The molecule has 0 aliphatic carbocycles. The smallest absolute Gasteiger partial charge is 0.288 e. The van der Waals surface area contributed by atoms with Crippen LogP contribution in [0.2, 0.25) is 0 Å². The monoisotopic (exact) mass is 354 g/mol. The van der Waals surface area contributed by atoms with Gasteiger partial charge < -0.3 is 10.1 Å². The second kappa shape index (κ2) is 8.25. The van der Waals surface area contributed by atoms with Crippen LogP contribution in [-0.4, -0.2) is 23.2 Å². The predicted molar refractivity (Wildman–Crippen MR) is 85.5 cm³/mol. The maximum absolute atomic E-state index is 12.2. The molecule has 9 heteroatoms. The molecule has 0 bridgehead atoms. The average molecular weight is 354 g/mol. The molecule has 0 aliphatic heterocycles. The third-order valence-corrected chi connectivity index (χ3v) is 3.50. The van der Waals surface area contributed by atoms with Gasteiger partial charge in [-0.05, 0) is 36.4 Å². The first kappa shape index (κ1) is 17.7. The zero-order valence-corrected chi connectivity index (χ0v) is 13.0. The van der Waals surface area contributed by atoms with Gasteiger partial charge >= 0.3 is 0 Å². The van der Waals surface area contributed by atoms with Gasteiger partial charge in [-0.2, -0.15) is 8.78 Å². The second-order valence-corrected chi connectivity index (χ2v) is 5.55. The van der Waals surface area contributed by atoms with Crippen molar-refractivity contribution in [1.82, 2.24) is 0 Å². The number of carbonyl (C=O) groups is 1. The maximum Gasteiger partial charge on any atom is 0.288 e. The SMILES string of the molecule is O=C(COc1ccc([N+](=O)[O-])cc1)Nc1ccc(SC(F)F)cc1. The van der Waals surface area contributed by atoms with Crippen LogP contribution >= 0.6 is 11.8 Å². The lowest BCUT2D eigenvalue weighted by Gasteiger charge is -2.08. The number of non-ortho nitro benzene ring substituents is 1. The fourth-order valence-corrected chi connectivity index (χ4v) is 2.23. The van der Waals surface area contributed by atoms with Gasteiger partial charge in [0.05, 0.1) is 4.92 Å². The average Bonchev–Trinajstić information content (AvgIpc) is 2.54. The van der Waals surface area contributed by atoms with E-state index in [0.717, 1.165) is 0 Å². The molecule has 0 spiro atoms. The molecule has 2 aromatic rings. The third kappa shape index (κ3) is 5.51. The minimum absolute atomic E-state index is 0.0754. The van der Waals surface area contributed by atoms with E-state index < -0.39 is 16.6 Å². The van der Waals surface area contributed by atoms with Crippen molar-refractivity contribution in [2.45, 2.75) is 10.7 Å². The fourth-order valence-electron chi connectivity index (χ4n) is 1.73. The van der Waals surface area contributed by atoms with E-state index in [-0.39, 0.29) is 12.3 Å². The van der Waals surface area contributed by atoms with E-state index in [0.29, 0.717) is 28.1 Å². The minimum Gasteiger partial charge on any atom is -0.484 e. The first-order chi connectivity index (χ1) is 11.4. The number of nitro benzene ring substituents is 1. The molecule has 0 aliphatic rings. The van der Waals surface area contributed by atoms with Crippen LogP contribution in [0.15, 0.2) is 53.4 Å². The third-order valence-electron chi connectivity index (χ3n) is 2.78. The predicted octanol–water partition coefficient (Wildman–Crippen LogP) is 3.93. The number of benzene rings is 2. The minimum atomic E-state index is -2.50. The normalized spacial score (nSPS) is 10.5. The maximum atomic E-state index is 12.2. The molecule has 0 saturated heterocycles. The number of hydrogen-bond acceptors (Lipinski definition) is 5. The number of hydrogen-bond donors (Lipinski definition) is 1.